The van der Waals surface area contributed by atoms with Crippen LogP contribution in [0.5, 0.6) is 0 Å². The summed E-state index contributed by atoms with van der Waals surface area (Å²) in [5, 5.41) is 9.69. The van der Waals surface area contributed by atoms with Crippen LogP contribution in [0.3, 0.4) is 0 Å². The zero-order valence-corrected chi connectivity index (χ0v) is 11.8. The summed E-state index contributed by atoms with van der Waals surface area (Å²) < 4.78 is 51.4. The third-order valence-corrected chi connectivity index (χ3v) is 4.36. The maximum absolute atomic E-state index is 13.1. The molecule has 0 heterocycles. The summed E-state index contributed by atoms with van der Waals surface area (Å²) in [6, 6.07) is 2.40. The van der Waals surface area contributed by atoms with E-state index in [9.17, 15) is 22.3 Å². The van der Waals surface area contributed by atoms with E-state index in [2.05, 4.69) is 0 Å². The average molecular weight is 293 g/mol. The molecular formula is C12H17F2NO3S. The van der Waals surface area contributed by atoms with E-state index in [0.717, 1.165) is 16.4 Å². The summed E-state index contributed by atoms with van der Waals surface area (Å²) in [5.74, 6) is -2.33. The lowest BCUT2D eigenvalue weighted by Crippen LogP contribution is -2.42. The Morgan fingerprint density at radius 1 is 1.26 bits per heavy atom. The maximum Gasteiger partial charge on any atom is 0.243 e. The second-order valence-electron chi connectivity index (χ2n) is 4.82. The fourth-order valence-electron chi connectivity index (χ4n) is 1.58. The number of sulfonamides is 1. The van der Waals surface area contributed by atoms with Gasteiger partial charge in [0.25, 0.3) is 0 Å². The second kappa shape index (κ2) is 5.52. The predicted molar refractivity (Wildman–Crippen MR) is 67.1 cm³/mol. The van der Waals surface area contributed by atoms with Gasteiger partial charge >= 0.3 is 0 Å². The molecule has 0 atom stereocenters. The highest BCUT2D eigenvalue weighted by Crippen LogP contribution is 2.20. The summed E-state index contributed by atoms with van der Waals surface area (Å²) in [5.41, 5.74) is -1.22. The molecule has 108 valence electrons. The van der Waals surface area contributed by atoms with E-state index in [4.69, 9.17) is 0 Å². The monoisotopic (exact) mass is 293 g/mol. The van der Waals surface area contributed by atoms with E-state index < -0.39 is 27.3 Å². The molecule has 0 bridgehead atoms. The van der Waals surface area contributed by atoms with Crippen LogP contribution in [0.25, 0.3) is 0 Å². The number of halogens is 2. The van der Waals surface area contributed by atoms with Gasteiger partial charge in [-0.2, -0.15) is 4.31 Å². The summed E-state index contributed by atoms with van der Waals surface area (Å²) >= 11 is 0. The van der Waals surface area contributed by atoms with Gasteiger partial charge in [-0.1, -0.05) is 6.92 Å². The molecule has 0 aliphatic rings. The molecule has 7 heteroatoms. The van der Waals surface area contributed by atoms with Crippen LogP contribution in [-0.4, -0.2) is 36.5 Å². The lowest BCUT2D eigenvalue weighted by molar-refractivity contribution is 0.0601. The van der Waals surface area contributed by atoms with Crippen LogP contribution in [0.4, 0.5) is 8.78 Å². The van der Waals surface area contributed by atoms with E-state index in [-0.39, 0.29) is 18.0 Å². The molecule has 0 saturated heterocycles. The van der Waals surface area contributed by atoms with Crippen molar-refractivity contribution in [1.82, 2.24) is 4.31 Å². The third-order valence-electron chi connectivity index (χ3n) is 2.44. The number of hydrogen-bond donors (Lipinski definition) is 1. The first-order valence-corrected chi connectivity index (χ1v) is 7.19. The van der Waals surface area contributed by atoms with Crippen LogP contribution in [-0.2, 0) is 10.0 Å². The molecule has 0 spiro atoms. The highest BCUT2D eigenvalue weighted by atomic mass is 32.2. The first-order valence-electron chi connectivity index (χ1n) is 5.75. The zero-order chi connectivity index (χ0) is 14.8. The van der Waals surface area contributed by atoms with Gasteiger partial charge in [0, 0.05) is 13.1 Å². The Bertz CT molecular complexity index is 553. The van der Waals surface area contributed by atoms with Crippen LogP contribution in [0.2, 0.25) is 0 Å². The minimum absolute atomic E-state index is 0.116. The van der Waals surface area contributed by atoms with Crippen molar-refractivity contribution in [1.29, 1.82) is 0 Å². The van der Waals surface area contributed by atoms with E-state index >= 15 is 0 Å². The van der Waals surface area contributed by atoms with E-state index in [0.29, 0.717) is 6.07 Å². The minimum Gasteiger partial charge on any atom is -0.389 e. The van der Waals surface area contributed by atoms with Gasteiger partial charge in [0.2, 0.25) is 10.0 Å². The highest BCUT2D eigenvalue weighted by molar-refractivity contribution is 7.89. The molecule has 19 heavy (non-hydrogen) atoms. The lowest BCUT2D eigenvalue weighted by Gasteiger charge is -2.27. The van der Waals surface area contributed by atoms with Gasteiger partial charge < -0.3 is 5.11 Å². The predicted octanol–water partition coefficient (Wildman–Crippen LogP) is 1.75. The summed E-state index contributed by atoms with van der Waals surface area (Å²) in [6.07, 6.45) is 0. The molecule has 1 N–H and O–H groups in total. The molecule has 1 aromatic rings. The minimum atomic E-state index is -3.96. The van der Waals surface area contributed by atoms with Gasteiger partial charge in [0.1, 0.15) is 0 Å². The average Bonchev–Trinajstić information content (AvgIpc) is 2.28. The molecule has 0 aromatic heterocycles. The molecule has 0 fully saturated rings. The normalized spacial score (nSPS) is 13.0. The van der Waals surface area contributed by atoms with Crippen LogP contribution in [0.15, 0.2) is 23.1 Å². The molecule has 1 aromatic carbocycles. The SMILES string of the molecule is CCN(CC(C)(C)O)S(=O)(=O)c1ccc(F)c(F)c1. The van der Waals surface area contributed by atoms with Crippen molar-refractivity contribution in [3.05, 3.63) is 29.8 Å². The Labute approximate surface area is 111 Å². The van der Waals surface area contributed by atoms with Gasteiger partial charge in [0.05, 0.1) is 10.5 Å². The van der Waals surface area contributed by atoms with Crippen molar-refractivity contribution in [3.63, 3.8) is 0 Å². The molecule has 0 aliphatic carbocycles. The fourth-order valence-corrected chi connectivity index (χ4v) is 3.20. The topological polar surface area (TPSA) is 57.6 Å². The smallest absolute Gasteiger partial charge is 0.243 e. The van der Waals surface area contributed by atoms with Crippen LogP contribution < -0.4 is 0 Å². The van der Waals surface area contributed by atoms with Crippen molar-refractivity contribution in [3.8, 4) is 0 Å². The second-order valence-corrected chi connectivity index (χ2v) is 6.76. The zero-order valence-electron chi connectivity index (χ0n) is 11.0. The number of likely N-dealkylation sites (N-methyl/N-ethyl adjacent to an activating group) is 1. The molecule has 0 amide bonds. The molecular weight excluding hydrogens is 276 g/mol. The molecule has 0 unspecified atom stereocenters. The fraction of sp³-hybridized carbons (Fsp3) is 0.500. The van der Waals surface area contributed by atoms with Crippen molar-refractivity contribution in [2.45, 2.75) is 31.3 Å². The quantitative estimate of drug-likeness (QED) is 0.899. The van der Waals surface area contributed by atoms with E-state index in [1.54, 1.807) is 6.92 Å². The standard InChI is InChI=1S/C12H17F2NO3S/c1-4-15(8-12(2,3)16)19(17,18)9-5-6-10(13)11(14)7-9/h5-7,16H,4,8H2,1-3H3. The summed E-state index contributed by atoms with van der Waals surface area (Å²) in [7, 11) is -3.96. The number of benzene rings is 1. The Morgan fingerprint density at radius 3 is 2.26 bits per heavy atom. The van der Waals surface area contributed by atoms with Crippen molar-refractivity contribution in [2.24, 2.45) is 0 Å². The summed E-state index contributed by atoms with van der Waals surface area (Å²) in [4.78, 5) is -0.336. The molecule has 0 aliphatic heterocycles. The Hall–Kier alpha value is -1.05. The van der Waals surface area contributed by atoms with Gasteiger partial charge in [-0.15, -0.1) is 0 Å². The molecule has 1 rings (SSSR count). The van der Waals surface area contributed by atoms with E-state index in [1.807, 2.05) is 0 Å². The summed E-state index contributed by atoms with van der Waals surface area (Å²) in [6.45, 7) is 4.52. The van der Waals surface area contributed by atoms with E-state index in [1.165, 1.54) is 13.8 Å². The first kappa shape index (κ1) is 16.0. The first-order chi connectivity index (χ1) is 8.58. The van der Waals surface area contributed by atoms with Crippen LogP contribution in [0, 0.1) is 11.6 Å². The van der Waals surface area contributed by atoms with Gasteiger partial charge in [-0.05, 0) is 32.0 Å². The molecule has 0 radical (unpaired) electrons. The molecule has 0 saturated carbocycles. The number of nitrogens with zero attached hydrogens (tertiary/aromatic N) is 1. The van der Waals surface area contributed by atoms with Crippen molar-refractivity contribution < 1.29 is 22.3 Å². The highest BCUT2D eigenvalue weighted by Gasteiger charge is 2.28. The van der Waals surface area contributed by atoms with Gasteiger partial charge in [0.15, 0.2) is 11.6 Å². The number of hydrogen-bond acceptors (Lipinski definition) is 3. The van der Waals surface area contributed by atoms with Crippen LogP contribution in [0.1, 0.15) is 20.8 Å². The lowest BCUT2D eigenvalue weighted by atomic mass is 10.1. The molecule has 4 nitrogen and oxygen atoms in total. The van der Waals surface area contributed by atoms with Gasteiger partial charge in [-0.25, -0.2) is 17.2 Å². The third kappa shape index (κ3) is 3.95. The number of rotatable bonds is 5. The Morgan fingerprint density at radius 2 is 1.84 bits per heavy atom. The Balaban J connectivity index is 3.17. The maximum atomic E-state index is 13.1. The van der Waals surface area contributed by atoms with Gasteiger partial charge in [-0.3, -0.25) is 0 Å². The Kier molecular flexibility index (Phi) is 4.65. The number of aliphatic hydroxyl groups is 1. The van der Waals surface area contributed by atoms with Crippen molar-refractivity contribution in [2.75, 3.05) is 13.1 Å². The largest absolute Gasteiger partial charge is 0.389 e. The van der Waals surface area contributed by atoms with Crippen LogP contribution >= 0.6 is 0 Å². The van der Waals surface area contributed by atoms with Crippen molar-refractivity contribution >= 4 is 10.0 Å².